The van der Waals surface area contributed by atoms with E-state index in [-0.39, 0.29) is 5.48 Å². The minimum Gasteiger partial charge on any atom is -0.412 e. The molecule has 0 aliphatic carbocycles. The highest BCUT2D eigenvalue weighted by atomic mass is 19.4. The molecule has 0 saturated carbocycles. The fourth-order valence-corrected chi connectivity index (χ4v) is 1.25. The summed E-state index contributed by atoms with van der Waals surface area (Å²) in [6.45, 7) is 0. The van der Waals surface area contributed by atoms with Gasteiger partial charge in [-0.1, -0.05) is 60.7 Å². The number of halogens is 6. The zero-order valence-electron chi connectivity index (χ0n) is 10.5. The van der Waals surface area contributed by atoms with Crippen molar-refractivity contribution >= 4 is 0 Å². The van der Waals surface area contributed by atoms with Crippen LogP contribution in [0.5, 0.6) is 0 Å². The molecule has 0 aromatic heterocycles. The van der Waals surface area contributed by atoms with Gasteiger partial charge in [-0.2, -0.15) is 26.3 Å². The number of alkyl halides is 6. The maximum atomic E-state index is 11.8. The fourth-order valence-electron chi connectivity index (χ4n) is 1.25. The predicted molar refractivity (Wildman–Crippen MR) is 66.5 cm³/mol. The van der Waals surface area contributed by atoms with Gasteiger partial charge in [0.25, 0.3) is 0 Å². The van der Waals surface area contributed by atoms with Gasteiger partial charge < -0.3 is 5.48 Å². The summed E-state index contributed by atoms with van der Waals surface area (Å²) in [5.74, 6) is 0. The molecule has 21 heavy (non-hydrogen) atoms. The third kappa shape index (κ3) is 6.80. The average Bonchev–Trinajstić information content (AvgIpc) is 2.40. The molecule has 0 spiro atoms. The highest BCUT2D eigenvalue weighted by molar-refractivity contribution is 5.18. The Kier molecular flexibility index (Phi) is 6.94. The van der Waals surface area contributed by atoms with Crippen LogP contribution < -0.4 is 0 Å². The standard InChI is InChI=1S/2C7H5F3.H2O/c2*8-7(9,10)6-4-2-1-3-5-6;/h2*1-5H;1H2. The summed E-state index contributed by atoms with van der Waals surface area (Å²) in [5.41, 5.74) is -1.20. The van der Waals surface area contributed by atoms with Crippen molar-refractivity contribution in [2.24, 2.45) is 0 Å². The van der Waals surface area contributed by atoms with Crippen molar-refractivity contribution in [2.75, 3.05) is 0 Å². The highest BCUT2D eigenvalue weighted by Crippen LogP contribution is 2.28. The number of hydrogen-bond acceptors (Lipinski definition) is 0. The molecule has 0 unspecified atom stereocenters. The summed E-state index contributed by atoms with van der Waals surface area (Å²) in [5, 5.41) is 0. The first-order valence-corrected chi connectivity index (χ1v) is 5.46. The number of hydrogen-bond donors (Lipinski definition) is 0. The Hall–Kier alpha value is -2.02. The van der Waals surface area contributed by atoms with Crippen molar-refractivity contribution in [2.45, 2.75) is 12.4 Å². The third-order valence-corrected chi connectivity index (χ3v) is 2.20. The van der Waals surface area contributed by atoms with E-state index in [1.807, 2.05) is 0 Å². The van der Waals surface area contributed by atoms with Crippen LogP contribution >= 0.6 is 0 Å². The first kappa shape index (κ1) is 19.0. The minimum atomic E-state index is -4.21. The van der Waals surface area contributed by atoms with Gasteiger partial charge in [0.2, 0.25) is 0 Å². The summed E-state index contributed by atoms with van der Waals surface area (Å²) < 4.78 is 70.7. The molecule has 116 valence electrons. The van der Waals surface area contributed by atoms with E-state index >= 15 is 0 Å². The molecule has 0 aliphatic rings. The van der Waals surface area contributed by atoms with Crippen LogP contribution in [0.2, 0.25) is 0 Å². The highest BCUT2D eigenvalue weighted by Gasteiger charge is 2.30. The lowest BCUT2D eigenvalue weighted by molar-refractivity contribution is -0.138. The lowest BCUT2D eigenvalue weighted by Crippen LogP contribution is -2.03. The quantitative estimate of drug-likeness (QED) is 0.638. The third-order valence-electron chi connectivity index (χ3n) is 2.20. The molecule has 0 fully saturated rings. The normalized spacial score (nSPS) is 11.0. The molecule has 1 nitrogen and oxygen atoms in total. The summed E-state index contributed by atoms with van der Waals surface area (Å²) in [7, 11) is 0. The van der Waals surface area contributed by atoms with Crippen molar-refractivity contribution in [1.29, 1.82) is 0 Å². The average molecular weight is 310 g/mol. The van der Waals surface area contributed by atoms with Crippen LogP contribution in [0.4, 0.5) is 26.3 Å². The molecule has 2 N–H and O–H groups in total. The van der Waals surface area contributed by atoms with E-state index in [1.165, 1.54) is 24.3 Å². The summed E-state index contributed by atoms with van der Waals surface area (Å²) in [6.07, 6.45) is -8.41. The van der Waals surface area contributed by atoms with Gasteiger partial charge in [-0.15, -0.1) is 0 Å². The van der Waals surface area contributed by atoms with Crippen molar-refractivity contribution in [3.8, 4) is 0 Å². The molecular weight excluding hydrogens is 298 g/mol. The van der Waals surface area contributed by atoms with E-state index in [2.05, 4.69) is 0 Å². The van der Waals surface area contributed by atoms with Crippen LogP contribution in [0.15, 0.2) is 60.7 Å². The Balaban J connectivity index is 0.000000364. The molecule has 0 saturated heterocycles. The van der Waals surface area contributed by atoms with E-state index in [9.17, 15) is 26.3 Å². The van der Waals surface area contributed by atoms with Gasteiger partial charge in [0, 0.05) is 0 Å². The molecule has 2 aromatic carbocycles. The lowest BCUT2D eigenvalue weighted by Gasteiger charge is -2.03. The number of rotatable bonds is 0. The van der Waals surface area contributed by atoms with E-state index in [4.69, 9.17) is 0 Å². The molecule has 0 heterocycles. The molecule has 0 amide bonds. The Bertz CT molecular complexity index is 455. The zero-order valence-corrected chi connectivity index (χ0v) is 10.5. The van der Waals surface area contributed by atoms with Gasteiger partial charge in [-0.3, -0.25) is 0 Å². The maximum absolute atomic E-state index is 11.8. The van der Waals surface area contributed by atoms with E-state index in [1.54, 1.807) is 12.1 Å². The van der Waals surface area contributed by atoms with Crippen molar-refractivity contribution in [3.63, 3.8) is 0 Å². The topological polar surface area (TPSA) is 31.5 Å². The van der Waals surface area contributed by atoms with Crippen LogP contribution in [0.25, 0.3) is 0 Å². The zero-order chi connectivity index (χ0) is 15.2. The van der Waals surface area contributed by atoms with Crippen LogP contribution in [0, 0.1) is 0 Å². The van der Waals surface area contributed by atoms with Crippen molar-refractivity contribution < 1.29 is 31.8 Å². The molecule has 7 heteroatoms. The first-order chi connectivity index (χ1) is 9.21. The van der Waals surface area contributed by atoms with Gasteiger partial charge in [0.15, 0.2) is 0 Å². The van der Waals surface area contributed by atoms with Gasteiger partial charge in [-0.25, -0.2) is 0 Å². The largest absolute Gasteiger partial charge is 0.416 e. The summed E-state index contributed by atoms with van der Waals surface area (Å²) >= 11 is 0. The van der Waals surface area contributed by atoms with Crippen LogP contribution in [-0.2, 0) is 12.4 Å². The van der Waals surface area contributed by atoms with Gasteiger partial charge in [0.1, 0.15) is 0 Å². The fraction of sp³-hybridized carbons (Fsp3) is 0.143. The van der Waals surface area contributed by atoms with Crippen LogP contribution in [-0.4, -0.2) is 5.48 Å². The van der Waals surface area contributed by atoms with Gasteiger partial charge >= 0.3 is 12.4 Å². The van der Waals surface area contributed by atoms with Gasteiger partial charge in [-0.05, 0) is 0 Å². The molecule has 0 aliphatic heterocycles. The van der Waals surface area contributed by atoms with Crippen LogP contribution in [0.3, 0.4) is 0 Å². The summed E-state index contributed by atoms with van der Waals surface area (Å²) in [4.78, 5) is 0. The molecule has 2 aromatic rings. The lowest BCUT2D eigenvalue weighted by atomic mass is 10.2. The molecule has 0 bridgehead atoms. The van der Waals surface area contributed by atoms with E-state index in [0.717, 1.165) is 24.3 Å². The van der Waals surface area contributed by atoms with Crippen molar-refractivity contribution in [1.82, 2.24) is 0 Å². The first-order valence-electron chi connectivity index (χ1n) is 5.46. The SMILES string of the molecule is FC(F)(F)c1ccccc1.FC(F)(F)c1ccccc1.O. The number of benzene rings is 2. The Morgan fingerprint density at radius 1 is 0.476 bits per heavy atom. The second-order valence-corrected chi connectivity index (χ2v) is 3.73. The Morgan fingerprint density at radius 2 is 0.714 bits per heavy atom. The van der Waals surface area contributed by atoms with Gasteiger partial charge in [0.05, 0.1) is 11.1 Å². The Morgan fingerprint density at radius 3 is 0.857 bits per heavy atom. The predicted octanol–water partition coefficient (Wildman–Crippen LogP) is 4.59. The van der Waals surface area contributed by atoms with Crippen LogP contribution in [0.1, 0.15) is 11.1 Å². The molecule has 2 rings (SSSR count). The molecule has 0 atom stereocenters. The maximum Gasteiger partial charge on any atom is 0.416 e. The minimum absolute atomic E-state index is 0. The smallest absolute Gasteiger partial charge is 0.412 e. The monoisotopic (exact) mass is 310 g/mol. The second kappa shape index (κ2) is 7.68. The second-order valence-electron chi connectivity index (χ2n) is 3.73. The molecule has 0 radical (unpaired) electrons. The van der Waals surface area contributed by atoms with Crippen molar-refractivity contribution in [3.05, 3.63) is 71.8 Å². The Labute approximate surface area is 117 Å². The van der Waals surface area contributed by atoms with E-state index < -0.39 is 23.5 Å². The summed E-state index contributed by atoms with van der Waals surface area (Å²) in [6, 6.07) is 12.7. The molecular formula is C14H12F6O. The van der Waals surface area contributed by atoms with E-state index in [0.29, 0.717) is 0 Å².